The number of fused-ring (bicyclic) bond motifs is 1. The van der Waals surface area contributed by atoms with Crippen LogP contribution in [0.2, 0.25) is 0 Å². The zero-order chi connectivity index (χ0) is 14.9. The predicted molar refractivity (Wildman–Crippen MR) is 85.1 cm³/mol. The maximum absolute atomic E-state index is 12.7. The molecule has 0 radical (unpaired) electrons. The first kappa shape index (κ1) is 14.1. The van der Waals surface area contributed by atoms with Crippen LogP contribution in [-0.4, -0.2) is 15.0 Å². The van der Waals surface area contributed by atoms with Gasteiger partial charge >= 0.3 is 0 Å². The lowest BCUT2D eigenvalue weighted by atomic mass is 10.1. The fourth-order valence-corrected chi connectivity index (χ4v) is 4.36. The Morgan fingerprint density at radius 1 is 1.10 bits per heavy atom. The second-order valence-electron chi connectivity index (χ2n) is 5.35. The summed E-state index contributed by atoms with van der Waals surface area (Å²) in [6, 6.07) is 14.8. The molecule has 0 saturated heterocycles. The lowest BCUT2D eigenvalue weighted by molar-refractivity contribution is 0.592. The highest BCUT2D eigenvalue weighted by Gasteiger charge is 2.30. The number of hydrogen-bond donors (Lipinski definition) is 0. The zero-order valence-electron chi connectivity index (χ0n) is 12.1. The van der Waals surface area contributed by atoms with Crippen molar-refractivity contribution < 1.29 is 8.42 Å². The van der Waals surface area contributed by atoms with Crippen molar-refractivity contribution in [2.24, 2.45) is 0 Å². The van der Waals surface area contributed by atoms with E-state index >= 15 is 0 Å². The van der Waals surface area contributed by atoms with Crippen molar-refractivity contribution in [3.8, 4) is 0 Å². The third-order valence-corrected chi connectivity index (χ3v) is 5.69. The Kier molecular flexibility index (Phi) is 3.72. The molecule has 0 saturated carbocycles. The van der Waals surface area contributed by atoms with Crippen LogP contribution in [0.4, 0.5) is 5.69 Å². The van der Waals surface area contributed by atoms with Crippen LogP contribution in [0.15, 0.2) is 53.4 Å². The molecule has 4 heteroatoms. The Morgan fingerprint density at radius 3 is 2.57 bits per heavy atom. The molecule has 1 aliphatic rings. The van der Waals surface area contributed by atoms with E-state index in [-0.39, 0.29) is 0 Å². The molecule has 0 fully saturated rings. The summed E-state index contributed by atoms with van der Waals surface area (Å²) in [7, 11) is -3.44. The van der Waals surface area contributed by atoms with Crippen molar-refractivity contribution in [2.75, 3.05) is 10.8 Å². The fraction of sp³-hybridized carbons (Fsp3) is 0.294. The van der Waals surface area contributed by atoms with Crippen LogP contribution in [0, 0.1) is 0 Å². The molecule has 0 bridgehead atoms. The lowest BCUT2D eigenvalue weighted by Gasteiger charge is -2.19. The van der Waals surface area contributed by atoms with Gasteiger partial charge in [0.1, 0.15) is 0 Å². The highest BCUT2D eigenvalue weighted by atomic mass is 32.2. The van der Waals surface area contributed by atoms with Gasteiger partial charge in [0.2, 0.25) is 0 Å². The molecule has 2 aromatic carbocycles. The van der Waals surface area contributed by atoms with Gasteiger partial charge in [0.25, 0.3) is 10.0 Å². The van der Waals surface area contributed by atoms with Crippen LogP contribution in [0.3, 0.4) is 0 Å². The van der Waals surface area contributed by atoms with Crippen molar-refractivity contribution >= 4 is 15.7 Å². The SMILES string of the molecule is CCCc1ccc2c(c1)CCN2S(=O)(=O)c1ccccc1. The Balaban J connectivity index is 1.98. The van der Waals surface area contributed by atoms with Crippen LogP contribution in [0.1, 0.15) is 24.5 Å². The van der Waals surface area contributed by atoms with E-state index in [0.717, 1.165) is 30.5 Å². The van der Waals surface area contributed by atoms with Crippen molar-refractivity contribution in [2.45, 2.75) is 31.1 Å². The zero-order valence-corrected chi connectivity index (χ0v) is 12.9. The summed E-state index contributed by atoms with van der Waals surface area (Å²) in [5.41, 5.74) is 3.26. The highest BCUT2D eigenvalue weighted by Crippen LogP contribution is 2.33. The third kappa shape index (κ3) is 2.56. The molecule has 0 aliphatic carbocycles. The monoisotopic (exact) mass is 301 g/mol. The maximum atomic E-state index is 12.7. The summed E-state index contributed by atoms with van der Waals surface area (Å²) in [6.07, 6.45) is 2.93. The Bertz CT molecular complexity index is 739. The second kappa shape index (κ2) is 5.53. The van der Waals surface area contributed by atoms with E-state index in [0.29, 0.717) is 11.4 Å². The van der Waals surface area contributed by atoms with E-state index in [1.807, 2.05) is 18.2 Å². The van der Waals surface area contributed by atoms with Crippen LogP contribution in [0.5, 0.6) is 0 Å². The quantitative estimate of drug-likeness (QED) is 0.868. The van der Waals surface area contributed by atoms with E-state index in [2.05, 4.69) is 13.0 Å². The van der Waals surface area contributed by atoms with Crippen LogP contribution in [0.25, 0.3) is 0 Å². The van der Waals surface area contributed by atoms with Gasteiger partial charge in [0, 0.05) is 6.54 Å². The van der Waals surface area contributed by atoms with E-state index in [4.69, 9.17) is 0 Å². The summed E-state index contributed by atoms with van der Waals surface area (Å²) in [4.78, 5) is 0.357. The predicted octanol–water partition coefficient (Wildman–Crippen LogP) is 3.39. The topological polar surface area (TPSA) is 37.4 Å². The van der Waals surface area contributed by atoms with E-state index in [1.165, 1.54) is 9.87 Å². The molecule has 0 N–H and O–H groups in total. The largest absolute Gasteiger partial charge is 0.266 e. The molecule has 0 aromatic heterocycles. The first-order valence-corrected chi connectivity index (χ1v) is 8.76. The molecule has 0 amide bonds. The van der Waals surface area contributed by atoms with Gasteiger partial charge in [-0.1, -0.05) is 43.7 Å². The summed E-state index contributed by atoms with van der Waals surface area (Å²) in [5, 5.41) is 0. The first-order chi connectivity index (χ1) is 10.1. The maximum Gasteiger partial charge on any atom is 0.264 e. The molecule has 0 atom stereocenters. The molecule has 1 aliphatic heterocycles. The Labute approximate surface area is 126 Å². The van der Waals surface area contributed by atoms with E-state index < -0.39 is 10.0 Å². The van der Waals surface area contributed by atoms with Crippen LogP contribution < -0.4 is 4.31 Å². The molecule has 0 spiro atoms. The van der Waals surface area contributed by atoms with Crippen molar-refractivity contribution in [1.29, 1.82) is 0 Å². The number of nitrogens with zero attached hydrogens (tertiary/aromatic N) is 1. The molecular weight excluding hydrogens is 282 g/mol. The summed E-state index contributed by atoms with van der Waals surface area (Å²) < 4.78 is 27.0. The number of sulfonamides is 1. The fourth-order valence-electron chi connectivity index (χ4n) is 2.84. The minimum Gasteiger partial charge on any atom is -0.266 e. The molecule has 3 nitrogen and oxygen atoms in total. The van der Waals surface area contributed by atoms with Gasteiger partial charge < -0.3 is 0 Å². The average molecular weight is 301 g/mol. The number of hydrogen-bond acceptors (Lipinski definition) is 2. The van der Waals surface area contributed by atoms with Gasteiger partial charge in [-0.15, -0.1) is 0 Å². The van der Waals surface area contributed by atoms with Crippen LogP contribution >= 0.6 is 0 Å². The van der Waals surface area contributed by atoms with E-state index in [1.54, 1.807) is 24.3 Å². The number of benzene rings is 2. The number of rotatable bonds is 4. The summed E-state index contributed by atoms with van der Waals surface area (Å²) >= 11 is 0. The first-order valence-electron chi connectivity index (χ1n) is 7.32. The molecule has 21 heavy (non-hydrogen) atoms. The Morgan fingerprint density at radius 2 is 1.86 bits per heavy atom. The molecular formula is C17H19NO2S. The van der Waals surface area contributed by atoms with Crippen LogP contribution in [-0.2, 0) is 22.9 Å². The minimum absolute atomic E-state index is 0.357. The molecule has 1 heterocycles. The van der Waals surface area contributed by atoms with Gasteiger partial charge in [-0.05, 0) is 42.2 Å². The van der Waals surface area contributed by atoms with Crippen molar-refractivity contribution in [3.05, 3.63) is 59.7 Å². The lowest BCUT2D eigenvalue weighted by Crippen LogP contribution is -2.29. The molecule has 0 unspecified atom stereocenters. The van der Waals surface area contributed by atoms with E-state index in [9.17, 15) is 8.42 Å². The third-order valence-electron chi connectivity index (χ3n) is 3.87. The minimum atomic E-state index is -3.44. The van der Waals surface area contributed by atoms with Gasteiger partial charge in [-0.25, -0.2) is 8.42 Å². The second-order valence-corrected chi connectivity index (χ2v) is 7.22. The number of anilines is 1. The highest BCUT2D eigenvalue weighted by molar-refractivity contribution is 7.92. The van der Waals surface area contributed by atoms with Gasteiger partial charge in [-0.3, -0.25) is 4.31 Å². The summed E-state index contributed by atoms with van der Waals surface area (Å²) in [5.74, 6) is 0. The Hall–Kier alpha value is -1.81. The molecule has 110 valence electrons. The molecule has 2 aromatic rings. The molecule has 3 rings (SSSR count). The van der Waals surface area contributed by atoms with Crippen molar-refractivity contribution in [3.63, 3.8) is 0 Å². The number of aryl methyl sites for hydroxylation is 1. The summed E-state index contributed by atoms with van der Waals surface area (Å²) in [6.45, 7) is 2.68. The van der Waals surface area contributed by atoms with Gasteiger partial charge in [0.15, 0.2) is 0 Å². The standard InChI is InChI=1S/C17H19NO2S/c1-2-6-14-9-10-17-15(13-14)11-12-18(17)21(19,20)16-7-4-3-5-8-16/h3-5,7-10,13H,2,6,11-12H2,1H3. The van der Waals surface area contributed by atoms with Gasteiger partial charge in [0.05, 0.1) is 10.6 Å². The average Bonchev–Trinajstić information content (AvgIpc) is 2.92. The smallest absolute Gasteiger partial charge is 0.264 e. The normalized spacial score (nSPS) is 14.2. The van der Waals surface area contributed by atoms with Crippen molar-refractivity contribution in [1.82, 2.24) is 0 Å². The van der Waals surface area contributed by atoms with Gasteiger partial charge in [-0.2, -0.15) is 0 Å².